The molecule has 0 aromatic heterocycles. The van der Waals surface area contributed by atoms with Gasteiger partial charge in [0.25, 0.3) is 0 Å². The summed E-state index contributed by atoms with van der Waals surface area (Å²) in [5, 5.41) is 3.03. The van der Waals surface area contributed by atoms with Crippen molar-refractivity contribution in [2.24, 2.45) is 0 Å². The van der Waals surface area contributed by atoms with Crippen LogP contribution in [0, 0.1) is 0 Å². The second-order valence-electron chi connectivity index (χ2n) is 6.82. The van der Waals surface area contributed by atoms with Gasteiger partial charge < -0.3 is 15.1 Å². The lowest BCUT2D eigenvalue weighted by atomic mass is 10.0. The van der Waals surface area contributed by atoms with Crippen molar-refractivity contribution in [3.63, 3.8) is 0 Å². The van der Waals surface area contributed by atoms with Gasteiger partial charge in [-0.3, -0.25) is 9.59 Å². The molecule has 138 valence electrons. The Morgan fingerprint density at radius 2 is 2.00 bits per heavy atom. The molecule has 1 aromatic carbocycles. The van der Waals surface area contributed by atoms with Crippen molar-refractivity contribution >= 4 is 11.8 Å². The maximum Gasteiger partial charge on any atom is 0.243 e. The average Bonchev–Trinajstić information content (AvgIpc) is 2.65. The van der Waals surface area contributed by atoms with Crippen LogP contribution in [0.1, 0.15) is 50.7 Å². The minimum Gasteiger partial charge on any atom is -0.350 e. The van der Waals surface area contributed by atoms with E-state index in [0.717, 1.165) is 37.9 Å². The van der Waals surface area contributed by atoms with Crippen molar-refractivity contribution in [3.05, 3.63) is 35.4 Å². The molecule has 1 fully saturated rings. The molecular weight excluding hydrogens is 314 g/mol. The molecule has 0 aliphatic carbocycles. The van der Waals surface area contributed by atoms with Gasteiger partial charge in [-0.05, 0) is 44.0 Å². The van der Waals surface area contributed by atoms with Crippen LogP contribution in [0.4, 0.5) is 0 Å². The number of amides is 2. The van der Waals surface area contributed by atoms with Crippen LogP contribution in [0.25, 0.3) is 0 Å². The van der Waals surface area contributed by atoms with Gasteiger partial charge in [0.05, 0.1) is 0 Å². The maximum absolute atomic E-state index is 12.6. The lowest BCUT2D eigenvalue weighted by molar-refractivity contribution is -0.142. The first kappa shape index (κ1) is 19.4. The normalized spacial score (nSPS) is 17.6. The van der Waals surface area contributed by atoms with Gasteiger partial charge in [0.15, 0.2) is 0 Å². The third kappa shape index (κ3) is 5.56. The van der Waals surface area contributed by atoms with Crippen molar-refractivity contribution in [2.45, 2.75) is 58.7 Å². The molecule has 1 saturated heterocycles. The van der Waals surface area contributed by atoms with Gasteiger partial charge >= 0.3 is 0 Å². The summed E-state index contributed by atoms with van der Waals surface area (Å²) < 4.78 is 0. The number of carbonyl (C=O) groups excluding carboxylic acids is 2. The van der Waals surface area contributed by atoms with Crippen molar-refractivity contribution in [3.8, 4) is 0 Å². The minimum atomic E-state index is -0.310. The minimum absolute atomic E-state index is 0.0300. The molecule has 25 heavy (non-hydrogen) atoms. The zero-order valence-corrected chi connectivity index (χ0v) is 15.8. The molecule has 0 saturated carbocycles. The zero-order valence-electron chi connectivity index (χ0n) is 15.8. The number of likely N-dealkylation sites (tertiary alicyclic amines) is 1. The summed E-state index contributed by atoms with van der Waals surface area (Å²) in [7, 11) is 2.09. The summed E-state index contributed by atoms with van der Waals surface area (Å²) in [5.41, 5.74) is 2.34. The molecule has 0 radical (unpaired) electrons. The van der Waals surface area contributed by atoms with E-state index in [1.165, 1.54) is 5.56 Å². The first-order chi connectivity index (χ1) is 12.0. The molecule has 1 aromatic rings. The highest BCUT2D eigenvalue weighted by Gasteiger charge is 2.30. The molecule has 2 rings (SSSR count). The predicted molar refractivity (Wildman–Crippen MR) is 99.9 cm³/mol. The highest BCUT2D eigenvalue weighted by molar-refractivity contribution is 5.87. The van der Waals surface area contributed by atoms with Gasteiger partial charge in [0.1, 0.15) is 6.04 Å². The third-order valence-electron chi connectivity index (χ3n) is 4.88. The van der Waals surface area contributed by atoms with Gasteiger partial charge in [-0.1, -0.05) is 38.1 Å². The summed E-state index contributed by atoms with van der Waals surface area (Å²) in [6.07, 6.45) is 3.21. The smallest absolute Gasteiger partial charge is 0.243 e. The van der Waals surface area contributed by atoms with E-state index < -0.39 is 0 Å². The van der Waals surface area contributed by atoms with Crippen molar-refractivity contribution in [1.82, 2.24) is 15.1 Å². The fourth-order valence-electron chi connectivity index (χ4n) is 3.27. The van der Waals surface area contributed by atoms with Crippen LogP contribution in [0.15, 0.2) is 24.3 Å². The SMILES string of the molecule is CCC(=O)N1CCCCC1C(=O)NCc1cccc(CN(C)CC)c1. The molecule has 5 nitrogen and oxygen atoms in total. The molecule has 0 spiro atoms. The number of nitrogens with zero attached hydrogens (tertiary/aromatic N) is 2. The summed E-state index contributed by atoms with van der Waals surface area (Å²) in [4.78, 5) is 28.7. The molecule has 2 amide bonds. The Bertz CT molecular complexity index is 588. The van der Waals surface area contributed by atoms with E-state index in [1.54, 1.807) is 4.90 Å². The Kier molecular flexibility index (Phi) is 7.44. The largest absolute Gasteiger partial charge is 0.350 e. The van der Waals surface area contributed by atoms with Crippen molar-refractivity contribution in [1.29, 1.82) is 0 Å². The molecule has 1 aliphatic heterocycles. The number of benzene rings is 1. The highest BCUT2D eigenvalue weighted by atomic mass is 16.2. The highest BCUT2D eigenvalue weighted by Crippen LogP contribution is 2.18. The summed E-state index contributed by atoms with van der Waals surface area (Å²) in [5.74, 6) is 0.0435. The van der Waals surface area contributed by atoms with Crippen molar-refractivity contribution < 1.29 is 9.59 Å². The molecule has 1 N–H and O–H groups in total. The predicted octanol–water partition coefficient (Wildman–Crippen LogP) is 2.55. The average molecular weight is 345 g/mol. The van der Waals surface area contributed by atoms with E-state index in [-0.39, 0.29) is 17.9 Å². The molecule has 0 bridgehead atoms. The van der Waals surface area contributed by atoms with E-state index in [1.807, 2.05) is 19.1 Å². The van der Waals surface area contributed by atoms with E-state index in [2.05, 4.69) is 36.3 Å². The Morgan fingerprint density at radius 1 is 1.24 bits per heavy atom. The van der Waals surface area contributed by atoms with E-state index >= 15 is 0 Å². The van der Waals surface area contributed by atoms with E-state index in [4.69, 9.17) is 0 Å². The number of rotatable bonds is 7. The molecule has 1 aliphatic rings. The monoisotopic (exact) mass is 345 g/mol. The van der Waals surface area contributed by atoms with E-state index in [0.29, 0.717) is 19.5 Å². The molecular formula is C20H31N3O2. The molecule has 1 atom stereocenters. The summed E-state index contributed by atoms with van der Waals surface area (Å²) in [6.45, 7) is 7.10. The molecule has 5 heteroatoms. The fourth-order valence-corrected chi connectivity index (χ4v) is 3.27. The van der Waals surface area contributed by atoms with Gasteiger partial charge in [-0.25, -0.2) is 0 Å². The Labute approximate surface area is 151 Å². The quantitative estimate of drug-likeness (QED) is 0.826. The fraction of sp³-hybridized carbons (Fsp3) is 0.600. The van der Waals surface area contributed by atoms with Crippen LogP contribution in [0.3, 0.4) is 0 Å². The number of hydrogen-bond acceptors (Lipinski definition) is 3. The second kappa shape index (κ2) is 9.56. The standard InChI is InChI=1S/C20H31N3O2/c1-4-19(24)23-12-7-6-11-18(23)20(25)21-14-16-9-8-10-17(13-16)15-22(3)5-2/h8-10,13,18H,4-7,11-12,14-15H2,1-3H3,(H,21,25). The number of nitrogens with one attached hydrogen (secondary N) is 1. The van der Waals surface area contributed by atoms with Crippen LogP contribution in [0.5, 0.6) is 0 Å². The van der Waals surface area contributed by atoms with Crippen LogP contribution >= 0.6 is 0 Å². The zero-order chi connectivity index (χ0) is 18.2. The number of piperidine rings is 1. The van der Waals surface area contributed by atoms with Gasteiger partial charge in [0.2, 0.25) is 11.8 Å². The second-order valence-corrected chi connectivity index (χ2v) is 6.82. The topological polar surface area (TPSA) is 52.7 Å². The Balaban J connectivity index is 1.94. The number of hydrogen-bond donors (Lipinski definition) is 1. The van der Waals surface area contributed by atoms with Crippen LogP contribution in [0.2, 0.25) is 0 Å². The van der Waals surface area contributed by atoms with Gasteiger partial charge in [-0.15, -0.1) is 0 Å². The van der Waals surface area contributed by atoms with Gasteiger partial charge in [-0.2, -0.15) is 0 Å². The maximum atomic E-state index is 12.6. The van der Waals surface area contributed by atoms with Crippen LogP contribution < -0.4 is 5.32 Å². The van der Waals surface area contributed by atoms with Crippen LogP contribution in [-0.4, -0.2) is 47.8 Å². The summed E-state index contributed by atoms with van der Waals surface area (Å²) in [6, 6.07) is 8.01. The lowest BCUT2D eigenvalue weighted by Crippen LogP contribution is -2.51. The Hall–Kier alpha value is -1.88. The van der Waals surface area contributed by atoms with E-state index in [9.17, 15) is 9.59 Å². The van der Waals surface area contributed by atoms with Gasteiger partial charge in [0, 0.05) is 26.1 Å². The first-order valence-corrected chi connectivity index (χ1v) is 9.38. The summed E-state index contributed by atoms with van der Waals surface area (Å²) >= 11 is 0. The number of carbonyl (C=O) groups is 2. The van der Waals surface area contributed by atoms with Crippen molar-refractivity contribution in [2.75, 3.05) is 20.1 Å². The Morgan fingerprint density at radius 3 is 2.72 bits per heavy atom. The van der Waals surface area contributed by atoms with Crippen LogP contribution in [-0.2, 0) is 22.7 Å². The first-order valence-electron chi connectivity index (χ1n) is 9.38. The third-order valence-corrected chi connectivity index (χ3v) is 4.88. The molecule has 1 heterocycles. The lowest BCUT2D eigenvalue weighted by Gasteiger charge is -2.34. The molecule has 1 unspecified atom stereocenters.